The molecule has 2 nitrogen and oxygen atoms in total. The molecule has 0 aliphatic carbocycles. The summed E-state index contributed by atoms with van der Waals surface area (Å²) in [4.78, 5) is 0. The molecule has 0 heterocycles. The van der Waals surface area contributed by atoms with Crippen LogP contribution in [0.5, 0.6) is 0 Å². The van der Waals surface area contributed by atoms with E-state index in [1.54, 1.807) is 0 Å². The first-order valence-electron chi connectivity index (χ1n) is 6.80. The lowest BCUT2D eigenvalue weighted by Crippen LogP contribution is -2.21. The van der Waals surface area contributed by atoms with E-state index in [1.807, 2.05) is 25.2 Å². The zero-order chi connectivity index (χ0) is 15.4. The maximum Gasteiger partial charge on any atom is 0.0482 e. The summed E-state index contributed by atoms with van der Waals surface area (Å²) >= 11 is 0. The molecule has 20 heavy (non-hydrogen) atoms. The number of allylic oxidation sites excluding steroid dienone is 7. The Morgan fingerprint density at radius 2 is 2.00 bits per heavy atom. The van der Waals surface area contributed by atoms with Gasteiger partial charge in [0.1, 0.15) is 0 Å². The van der Waals surface area contributed by atoms with Gasteiger partial charge in [-0.05, 0) is 50.0 Å². The van der Waals surface area contributed by atoms with Gasteiger partial charge in [-0.1, -0.05) is 50.0 Å². The van der Waals surface area contributed by atoms with Gasteiger partial charge >= 0.3 is 0 Å². The quantitative estimate of drug-likeness (QED) is 0.295. The molecule has 0 aromatic rings. The van der Waals surface area contributed by atoms with Crippen molar-refractivity contribution in [3.05, 3.63) is 77.8 Å². The van der Waals surface area contributed by atoms with Crippen molar-refractivity contribution in [2.75, 3.05) is 0 Å². The first-order chi connectivity index (χ1) is 9.56. The Bertz CT molecular complexity index is 482. The van der Waals surface area contributed by atoms with Crippen LogP contribution in [0.4, 0.5) is 0 Å². The number of hydrogen-bond acceptors (Lipinski definition) is 2. The van der Waals surface area contributed by atoms with E-state index in [0.29, 0.717) is 5.70 Å². The van der Waals surface area contributed by atoms with E-state index < -0.39 is 0 Å². The Kier molecular flexibility index (Phi) is 9.76. The van der Waals surface area contributed by atoms with Crippen molar-refractivity contribution in [1.82, 2.24) is 5.43 Å². The topological polar surface area (TPSA) is 38.0 Å². The predicted molar refractivity (Wildman–Crippen MR) is 89.8 cm³/mol. The number of hydrazine groups is 1. The fourth-order valence-corrected chi connectivity index (χ4v) is 1.50. The van der Waals surface area contributed by atoms with Crippen molar-refractivity contribution >= 4 is 0 Å². The molecule has 0 aromatic heterocycles. The lowest BCUT2D eigenvalue weighted by molar-refractivity contribution is 0.897. The lowest BCUT2D eigenvalue weighted by atomic mass is 10.0. The summed E-state index contributed by atoms with van der Waals surface area (Å²) in [5, 5.41) is 0. The minimum atomic E-state index is 0.653. The second-order valence-electron chi connectivity index (χ2n) is 4.41. The minimum absolute atomic E-state index is 0.653. The molecule has 0 saturated heterocycles. The Balaban J connectivity index is 4.72. The highest BCUT2D eigenvalue weighted by Crippen LogP contribution is 2.17. The van der Waals surface area contributed by atoms with Gasteiger partial charge < -0.3 is 5.43 Å². The SMILES string of the molecule is C=C(NN)C(=C)/C(=C/C=C(\C)C/C=C\C=C=CC)CC. The zero-order valence-corrected chi connectivity index (χ0v) is 12.9. The van der Waals surface area contributed by atoms with E-state index in [4.69, 9.17) is 5.84 Å². The van der Waals surface area contributed by atoms with Gasteiger partial charge in [0.2, 0.25) is 0 Å². The molecule has 0 radical (unpaired) electrons. The molecule has 0 atom stereocenters. The predicted octanol–water partition coefficient (Wildman–Crippen LogP) is 4.48. The fourth-order valence-electron chi connectivity index (χ4n) is 1.50. The fraction of sp³-hybridized carbons (Fsp3) is 0.278. The van der Waals surface area contributed by atoms with Gasteiger partial charge in [-0.3, -0.25) is 5.84 Å². The third kappa shape index (κ3) is 7.42. The van der Waals surface area contributed by atoms with Gasteiger partial charge in [0, 0.05) is 5.70 Å². The summed E-state index contributed by atoms with van der Waals surface area (Å²) in [7, 11) is 0. The first-order valence-corrected chi connectivity index (χ1v) is 6.80. The van der Waals surface area contributed by atoms with Gasteiger partial charge in [-0.2, -0.15) is 0 Å². The largest absolute Gasteiger partial charge is 0.324 e. The molecule has 0 aliphatic heterocycles. The second kappa shape index (κ2) is 10.9. The highest BCUT2D eigenvalue weighted by molar-refractivity contribution is 5.43. The summed E-state index contributed by atoms with van der Waals surface area (Å²) in [6.45, 7) is 14.0. The smallest absolute Gasteiger partial charge is 0.0482 e. The molecule has 0 unspecified atom stereocenters. The van der Waals surface area contributed by atoms with Gasteiger partial charge in [0.15, 0.2) is 0 Å². The Hall–Kier alpha value is -2.02. The van der Waals surface area contributed by atoms with Crippen LogP contribution in [-0.2, 0) is 0 Å². The molecule has 0 saturated carbocycles. The van der Waals surface area contributed by atoms with E-state index in [9.17, 15) is 0 Å². The number of hydrogen-bond donors (Lipinski definition) is 2. The molecule has 0 bridgehead atoms. The van der Waals surface area contributed by atoms with Gasteiger partial charge in [0.05, 0.1) is 0 Å². The summed E-state index contributed by atoms with van der Waals surface area (Å²) in [5.74, 6) is 5.35. The van der Waals surface area contributed by atoms with Crippen molar-refractivity contribution in [2.24, 2.45) is 5.84 Å². The van der Waals surface area contributed by atoms with Crippen LogP contribution in [0.25, 0.3) is 0 Å². The van der Waals surface area contributed by atoms with Crippen LogP contribution in [0.3, 0.4) is 0 Å². The van der Waals surface area contributed by atoms with Crippen LogP contribution in [0.15, 0.2) is 77.8 Å². The van der Waals surface area contributed by atoms with E-state index in [2.05, 4.69) is 56.4 Å². The lowest BCUT2D eigenvalue weighted by Gasteiger charge is -2.10. The summed E-state index contributed by atoms with van der Waals surface area (Å²) in [6, 6.07) is 0. The summed E-state index contributed by atoms with van der Waals surface area (Å²) < 4.78 is 0. The number of nitrogens with two attached hydrogens (primary N) is 1. The molecule has 0 amide bonds. The van der Waals surface area contributed by atoms with E-state index >= 15 is 0 Å². The van der Waals surface area contributed by atoms with Crippen molar-refractivity contribution < 1.29 is 0 Å². The van der Waals surface area contributed by atoms with E-state index in [-0.39, 0.29) is 0 Å². The Labute approximate surface area is 123 Å². The number of nitrogens with one attached hydrogen (secondary N) is 1. The molecule has 3 N–H and O–H groups in total. The molecule has 0 fully saturated rings. The molecule has 0 rings (SSSR count). The normalized spacial score (nSPS) is 12.0. The molecule has 0 aliphatic rings. The van der Waals surface area contributed by atoms with Crippen LogP contribution >= 0.6 is 0 Å². The number of rotatable bonds is 8. The van der Waals surface area contributed by atoms with E-state index in [0.717, 1.165) is 24.0 Å². The van der Waals surface area contributed by atoms with E-state index in [1.165, 1.54) is 5.57 Å². The summed E-state index contributed by atoms with van der Waals surface area (Å²) in [5.41, 5.74) is 9.46. The maximum absolute atomic E-state index is 5.35. The minimum Gasteiger partial charge on any atom is -0.324 e. The van der Waals surface area contributed by atoms with Crippen molar-refractivity contribution in [3.63, 3.8) is 0 Å². The molecule has 2 heteroatoms. The highest BCUT2D eigenvalue weighted by atomic mass is 15.2. The monoisotopic (exact) mass is 270 g/mol. The average molecular weight is 270 g/mol. The highest BCUT2D eigenvalue weighted by Gasteiger charge is 2.02. The van der Waals surface area contributed by atoms with Crippen molar-refractivity contribution in [3.8, 4) is 0 Å². The summed E-state index contributed by atoms with van der Waals surface area (Å²) in [6.07, 6.45) is 13.9. The molecule has 108 valence electrons. The third-order valence-corrected chi connectivity index (χ3v) is 2.81. The first kappa shape index (κ1) is 18.0. The molecular formula is C18H26N2. The third-order valence-electron chi connectivity index (χ3n) is 2.81. The average Bonchev–Trinajstić information content (AvgIpc) is 2.46. The van der Waals surface area contributed by atoms with Gasteiger partial charge in [-0.15, -0.1) is 5.73 Å². The maximum atomic E-state index is 5.35. The van der Waals surface area contributed by atoms with Crippen LogP contribution in [0.1, 0.15) is 33.6 Å². The van der Waals surface area contributed by atoms with Gasteiger partial charge in [-0.25, -0.2) is 0 Å². The Morgan fingerprint density at radius 3 is 2.55 bits per heavy atom. The Morgan fingerprint density at radius 1 is 1.30 bits per heavy atom. The van der Waals surface area contributed by atoms with Crippen molar-refractivity contribution in [1.29, 1.82) is 0 Å². The van der Waals surface area contributed by atoms with Crippen LogP contribution in [-0.4, -0.2) is 0 Å². The second-order valence-corrected chi connectivity index (χ2v) is 4.41. The zero-order valence-electron chi connectivity index (χ0n) is 12.9. The van der Waals surface area contributed by atoms with Crippen LogP contribution in [0.2, 0.25) is 0 Å². The molecule has 0 spiro atoms. The molecule has 0 aromatic carbocycles. The van der Waals surface area contributed by atoms with Crippen molar-refractivity contribution in [2.45, 2.75) is 33.6 Å². The molecular weight excluding hydrogens is 244 g/mol. The van der Waals surface area contributed by atoms with Crippen LogP contribution < -0.4 is 11.3 Å². The standard InChI is InChI=1S/C18H26N2/c1-6-8-9-10-11-12-15(3)13-14-18(7-2)16(4)17(5)20-19/h6,9-11,13-14,20H,4-5,7,12,19H2,1-3H3/b11-10-,15-13+,18-14+. The van der Waals surface area contributed by atoms with Gasteiger partial charge in [0.25, 0.3) is 0 Å². The van der Waals surface area contributed by atoms with Crippen LogP contribution in [0, 0.1) is 0 Å².